The normalized spacial score (nSPS) is 13.0. The molecule has 5 rings (SSSR count). The van der Waals surface area contributed by atoms with Gasteiger partial charge in [0.15, 0.2) is 5.49 Å². The first-order chi connectivity index (χ1) is 13.5. The Labute approximate surface area is 160 Å². The van der Waals surface area contributed by atoms with Crippen LogP contribution in [0.3, 0.4) is 0 Å². The summed E-state index contributed by atoms with van der Waals surface area (Å²) >= 11 is 0. The molecule has 0 radical (unpaired) electrons. The van der Waals surface area contributed by atoms with Crippen LogP contribution in [0.4, 0.5) is 11.4 Å². The highest BCUT2D eigenvalue weighted by Gasteiger charge is 2.28. The van der Waals surface area contributed by atoms with Gasteiger partial charge in [-0.25, -0.2) is 20.0 Å². The molecule has 7 heteroatoms. The Balaban J connectivity index is 1.79. The number of ketones is 1. The molecule has 0 amide bonds. The number of aliphatic imine (C=N–C) groups is 1. The number of carbonyl (C=O) groups excluding carboxylic acids is 1. The first-order valence-corrected chi connectivity index (χ1v) is 8.73. The van der Waals surface area contributed by atoms with Crippen LogP contribution in [-0.4, -0.2) is 40.8 Å². The molecule has 0 saturated carbocycles. The number of fused-ring (bicyclic) bond motifs is 5. The molecule has 0 aliphatic carbocycles. The van der Waals surface area contributed by atoms with Crippen LogP contribution in [0.25, 0.3) is 11.1 Å². The highest BCUT2D eigenvalue weighted by Crippen LogP contribution is 2.37. The summed E-state index contributed by atoms with van der Waals surface area (Å²) in [5.74, 6) is 0.315. The zero-order valence-electron chi connectivity index (χ0n) is 15.2. The zero-order valence-corrected chi connectivity index (χ0v) is 15.2. The number of guanidine groups is 1. The van der Waals surface area contributed by atoms with Gasteiger partial charge >= 0.3 is 0 Å². The second-order valence-electron chi connectivity index (χ2n) is 6.78. The lowest BCUT2D eigenvalue weighted by atomic mass is 10.0. The molecule has 2 aliphatic rings. The van der Waals surface area contributed by atoms with E-state index in [2.05, 4.69) is 20.0 Å². The molecule has 28 heavy (non-hydrogen) atoms. The smallest absolute Gasteiger partial charge is 0.226 e. The molecular formula is C21H15N5O2. The number of para-hydroxylation sites is 1. The standard InChI is InChI=1S/C21H15N5O2/c1-26(2)21-24-16-15-13-5-3-4-6-14(13)22-20(15)23-18(17(16)25-21)19(28)11-7-9-12(27)10-8-11/h3-10,27H,1-2H3. The number of phenolic OH excluding ortho intramolecular Hbond substituents is 1. The summed E-state index contributed by atoms with van der Waals surface area (Å²) in [4.78, 5) is 33.3. The van der Waals surface area contributed by atoms with Gasteiger partial charge in [0.2, 0.25) is 11.7 Å². The minimum atomic E-state index is -0.288. The number of rotatable bonds is 2. The predicted molar refractivity (Wildman–Crippen MR) is 104 cm³/mol. The largest absolute Gasteiger partial charge is 0.508 e. The lowest BCUT2D eigenvalue weighted by Crippen LogP contribution is -2.26. The number of hydrogen-bond acceptors (Lipinski definition) is 7. The molecule has 2 aromatic carbocycles. The number of aromatic nitrogens is 1. The quantitative estimate of drug-likeness (QED) is 0.548. The monoisotopic (exact) mass is 369 g/mol. The molecule has 0 fully saturated rings. The number of aromatic hydroxyl groups is 1. The molecule has 1 aromatic heterocycles. The van der Waals surface area contributed by atoms with Crippen molar-refractivity contribution in [3.63, 3.8) is 0 Å². The van der Waals surface area contributed by atoms with E-state index < -0.39 is 0 Å². The maximum atomic E-state index is 13.2. The lowest BCUT2D eigenvalue weighted by molar-refractivity contribution is 0.103. The molecule has 0 bridgehead atoms. The third kappa shape index (κ3) is 2.33. The van der Waals surface area contributed by atoms with Crippen LogP contribution in [0.1, 0.15) is 16.1 Å². The molecular weight excluding hydrogens is 354 g/mol. The van der Waals surface area contributed by atoms with E-state index in [0.717, 1.165) is 16.8 Å². The summed E-state index contributed by atoms with van der Waals surface area (Å²) in [7, 11) is 3.70. The van der Waals surface area contributed by atoms with Crippen LogP contribution in [0.5, 0.6) is 5.75 Å². The van der Waals surface area contributed by atoms with E-state index in [9.17, 15) is 9.90 Å². The minimum absolute atomic E-state index is 0.0945. The Morgan fingerprint density at radius 1 is 0.964 bits per heavy atom. The number of carbonyl (C=O) groups is 1. The van der Waals surface area contributed by atoms with Crippen LogP contribution in [0, 0.1) is 0 Å². The highest BCUT2D eigenvalue weighted by atomic mass is 16.3. The molecule has 0 unspecified atom stereocenters. The molecule has 1 N–H and O–H groups in total. The first kappa shape index (κ1) is 16.3. The fourth-order valence-electron chi connectivity index (χ4n) is 3.32. The molecule has 3 heterocycles. The predicted octanol–water partition coefficient (Wildman–Crippen LogP) is 2.13. The van der Waals surface area contributed by atoms with Gasteiger partial charge in [-0.3, -0.25) is 4.79 Å². The van der Waals surface area contributed by atoms with Gasteiger partial charge in [-0.1, -0.05) is 18.2 Å². The summed E-state index contributed by atoms with van der Waals surface area (Å²) in [5, 5.41) is 9.95. The van der Waals surface area contributed by atoms with E-state index in [0.29, 0.717) is 28.1 Å². The van der Waals surface area contributed by atoms with Crippen molar-refractivity contribution in [2.24, 2.45) is 15.0 Å². The Morgan fingerprint density at radius 2 is 1.71 bits per heavy atom. The second-order valence-corrected chi connectivity index (χ2v) is 6.78. The van der Waals surface area contributed by atoms with Gasteiger partial charge < -0.3 is 10.0 Å². The van der Waals surface area contributed by atoms with Crippen molar-refractivity contribution in [1.29, 1.82) is 0 Å². The number of hydrogen-bond donors (Lipinski definition) is 1. The molecule has 0 spiro atoms. The van der Waals surface area contributed by atoms with E-state index in [1.165, 1.54) is 12.1 Å². The maximum Gasteiger partial charge on any atom is 0.226 e. The number of benzene rings is 2. The van der Waals surface area contributed by atoms with Crippen LogP contribution in [0.2, 0.25) is 0 Å². The number of pyridine rings is 1. The van der Waals surface area contributed by atoms with Gasteiger partial charge in [-0.15, -0.1) is 0 Å². The van der Waals surface area contributed by atoms with Crippen LogP contribution >= 0.6 is 0 Å². The lowest BCUT2D eigenvalue weighted by Gasteiger charge is -2.06. The second kappa shape index (κ2) is 5.82. The van der Waals surface area contributed by atoms with Crippen LogP contribution in [-0.2, 0) is 0 Å². The molecule has 0 atom stereocenters. The molecule has 136 valence electrons. The van der Waals surface area contributed by atoms with Crippen molar-refractivity contribution in [1.82, 2.24) is 9.88 Å². The van der Waals surface area contributed by atoms with E-state index in [4.69, 9.17) is 0 Å². The van der Waals surface area contributed by atoms with Gasteiger partial charge in [0.05, 0.1) is 11.3 Å². The zero-order chi connectivity index (χ0) is 19.4. The molecule has 7 nitrogen and oxygen atoms in total. The molecule has 0 saturated heterocycles. The number of nitrogens with zero attached hydrogens (tertiary/aromatic N) is 5. The topological polar surface area (TPSA) is 90.5 Å². The van der Waals surface area contributed by atoms with E-state index in [1.54, 1.807) is 17.0 Å². The van der Waals surface area contributed by atoms with E-state index in [-0.39, 0.29) is 17.2 Å². The molecule has 2 aliphatic heterocycles. The van der Waals surface area contributed by atoms with Crippen LogP contribution in [0.15, 0.2) is 63.5 Å². The average molecular weight is 369 g/mol. The Hall–Kier alpha value is -3.87. The van der Waals surface area contributed by atoms with Gasteiger partial charge in [0, 0.05) is 25.2 Å². The Kier molecular flexibility index (Phi) is 3.39. The van der Waals surface area contributed by atoms with E-state index in [1.807, 2.05) is 38.4 Å². The third-order valence-corrected chi connectivity index (χ3v) is 4.69. The maximum absolute atomic E-state index is 13.2. The fourth-order valence-corrected chi connectivity index (χ4v) is 3.32. The van der Waals surface area contributed by atoms with E-state index >= 15 is 0 Å². The third-order valence-electron chi connectivity index (χ3n) is 4.69. The SMILES string of the molecule is CN(C)C1=Nc2c3c(nc(C(=O)c4ccc(O)cc4)c2=N1)=Nc1ccccc1-3. The summed E-state index contributed by atoms with van der Waals surface area (Å²) < 4.78 is 0. The minimum Gasteiger partial charge on any atom is -0.508 e. The van der Waals surface area contributed by atoms with Crippen molar-refractivity contribution in [2.45, 2.75) is 0 Å². The fraction of sp³-hybridized carbons (Fsp3) is 0.0952. The van der Waals surface area contributed by atoms with Crippen LogP contribution < -0.4 is 10.8 Å². The summed E-state index contributed by atoms with van der Waals surface area (Å²) in [6, 6.07) is 13.8. The van der Waals surface area contributed by atoms with Gasteiger partial charge in [0.1, 0.15) is 22.5 Å². The van der Waals surface area contributed by atoms with Crippen molar-refractivity contribution in [2.75, 3.05) is 14.1 Å². The summed E-state index contributed by atoms with van der Waals surface area (Å²) in [6.07, 6.45) is 0. The van der Waals surface area contributed by atoms with Gasteiger partial charge in [0.25, 0.3) is 0 Å². The van der Waals surface area contributed by atoms with Gasteiger partial charge in [-0.2, -0.15) is 0 Å². The van der Waals surface area contributed by atoms with Gasteiger partial charge in [-0.05, 0) is 30.3 Å². The van der Waals surface area contributed by atoms with Crippen molar-refractivity contribution in [3.05, 3.63) is 70.6 Å². The van der Waals surface area contributed by atoms with Crippen molar-refractivity contribution < 1.29 is 9.90 Å². The number of phenols is 1. The first-order valence-electron chi connectivity index (χ1n) is 8.73. The highest BCUT2D eigenvalue weighted by molar-refractivity contribution is 6.09. The Bertz CT molecular complexity index is 1310. The van der Waals surface area contributed by atoms with Crippen molar-refractivity contribution in [3.8, 4) is 16.9 Å². The summed E-state index contributed by atoms with van der Waals surface area (Å²) in [5.41, 5.74) is 4.24. The van der Waals surface area contributed by atoms with Crippen molar-refractivity contribution >= 4 is 23.1 Å². The Morgan fingerprint density at radius 3 is 2.46 bits per heavy atom. The summed E-state index contributed by atoms with van der Waals surface area (Å²) in [6.45, 7) is 0. The average Bonchev–Trinajstić information content (AvgIpc) is 3.28. The molecule has 3 aromatic rings.